The molecule has 11 rings (SSSR count). The summed E-state index contributed by atoms with van der Waals surface area (Å²) in [6, 6.07) is 70.9. The van der Waals surface area contributed by atoms with Gasteiger partial charge in [-0.2, -0.15) is 0 Å². The summed E-state index contributed by atoms with van der Waals surface area (Å²) in [5.74, 6) is 0. The summed E-state index contributed by atoms with van der Waals surface area (Å²) in [5.41, 5.74) is 13.5. The topological polar surface area (TPSA) is 29.5 Å². The zero-order valence-corrected chi connectivity index (χ0v) is 29.8. The van der Waals surface area contributed by atoms with Crippen LogP contribution >= 0.6 is 0 Å². The number of nitrogens with zero attached hydrogens (tertiary/aromatic N) is 1. The van der Waals surface area contributed by atoms with Crippen molar-refractivity contribution in [1.29, 1.82) is 0 Å². The molecule has 2 heterocycles. The molecule has 9 aromatic carbocycles. The monoisotopic (exact) mass is 703 g/mol. The van der Waals surface area contributed by atoms with Gasteiger partial charge in [0.2, 0.25) is 0 Å². The first-order valence-corrected chi connectivity index (χ1v) is 18.7. The van der Waals surface area contributed by atoms with Crippen molar-refractivity contribution in [3.05, 3.63) is 200 Å². The van der Waals surface area contributed by atoms with Crippen molar-refractivity contribution in [3.8, 4) is 33.4 Å². The maximum Gasteiger partial charge on any atom is 0.137 e. The minimum absolute atomic E-state index is 0.838. The van der Waals surface area contributed by atoms with E-state index in [1.807, 2.05) is 12.1 Å². The van der Waals surface area contributed by atoms with Crippen molar-refractivity contribution in [2.45, 2.75) is 0 Å². The molecule has 55 heavy (non-hydrogen) atoms. The summed E-state index contributed by atoms with van der Waals surface area (Å²) >= 11 is 0. The van der Waals surface area contributed by atoms with Crippen molar-refractivity contribution in [1.82, 2.24) is 0 Å². The second kappa shape index (κ2) is 12.6. The molecule has 2 aromatic heterocycles. The minimum atomic E-state index is 0.838. The Morgan fingerprint density at radius 2 is 0.873 bits per heavy atom. The van der Waals surface area contributed by atoms with Crippen LogP contribution in [-0.4, -0.2) is 0 Å². The standard InChI is InChI=1S/C52H33NO2/c1-4-14-34(15-5-1)37-24-28-47(45(30-37)36-18-8-3-9-19-36)53(38-26-29-49-46(31-38)41-21-12-13-23-48(41)54-49)39-25-27-43-50(32-39)55-51-33-44(35-16-6-2-7-17-35)40-20-10-11-22-42(40)52(43)51/h1-33H. The summed E-state index contributed by atoms with van der Waals surface area (Å²) in [7, 11) is 0. The number of fused-ring (bicyclic) bond motifs is 8. The summed E-state index contributed by atoms with van der Waals surface area (Å²) in [6.07, 6.45) is 0. The largest absolute Gasteiger partial charge is 0.456 e. The summed E-state index contributed by atoms with van der Waals surface area (Å²) in [5, 5.41) is 6.78. The van der Waals surface area contributed by atoms with Gasteiger partial charge >= 0.3 is 0 Å². The lowest BCUT2D eigenvalue weighted by Crippen LogP contribution is -2.11. The fourth-order valence-electron chi connectivity index (χ4n) is 8.29. The smallest absolute Gasteiger partial charge is 0.137 e. The van der Waals surface area contributed by atoms with Gasteiger partial charge in [-0.25, -0.2) is 0 Å². The lowest BCUT2D eigenvalue weighted by atomic mass is 9.95. The summed E-state index contributed by atoms with van der Waals surface area (Å²) in [6.45, 7) is 0. The van der Waals surface area contributed by atoms with E-state index in [0.29, 0.717) is 0 Å². The van der Waals surface area contributed by atoms with E-state index in [0.717, 1.165) is 83.2 Å². The van der Waals surface area contributed by atoms with Crippen LogP contribution in [0.2, 0.25) is 0 Å². The average molecular weight is 704 g/mol. The Hall–Kier alpha value is -7.36. The van der Waals surface area contributed by atoms with E-state index in [9.17, 15) is 0 Å². The maximum absolute atomic E-state index is 6.85. The predicted molar refractivity (Wildman–Crippen MR) is 229 cm³/mol. The molecule has 258 valence electrons. The molecule has 0 fully saturated rings. The zero-order chi connectivity index (χ0) is 36.3. The molecule has 0 aliphatic carbocycles. The van der Waals surface area contributed by atoms with E-state index < -0.39 is 0 Å². The Bertz CT molecular complexity index is 3200. The van der Waals surface area contributed by atoms with E-state index in [-0.39, 0.29) is 0 Å². The first-order valence-electron chi connectivity index (χ1n) is 18.7. The van der Waals surface area contributed by atoms with Crippen LogP contribution in [0.3, 0.4) is 0 Å². The normalized spacial score (nSPS) is 11.6. The van der Waals surface area contributed by atoms with Gasteiger partial charge in [-0.05, 0) is 93.2 Å². The van der Waals surface area contributed by atoms with Crippen molar-refractivity contribution in [3.63, 3.8) is 0 Å². The Labute approximate surface area is 317 Å². The summed E-state index contributed by atoms with van der Waals surface area (Å²) in [4.78, 5) is 2.36. The van der Waals surface area contributed by atoms with E-state index in [2.05, 4.69) is 193 Å². The van der Waals surface area contributed by atoms with Gasteiger partial charge in [-0.1, -0.05) is 140 Å². The first kappa shape index (κ1) is 31.2. The molecular formula is C52H33NO2. The average Bonchev–Trinajstić information content (AvgIpc) is 3.82. The van der Waals surface area contributed by atoms with Gasteiger partial charge in [-0.3, -0.25) is 0 Å². The second-order valence-electron chi connectivity index (χ2n) is 14.1. The van der Waals surface area contributed by atoms with Crippen LogP contribution < -0.4 is 4.90 Å². The molecular weight excluding hydrogens is 671 g/mol. The molecule has 0 radical (unpaired) electrons. The Kier molecular flexibility index (Phi) is 7.17. The number of hydrogen-bond acceptors (Lipinski definition) is 3. The molecule has 0 aliphatic rings. The molecule has 0 N–H and O–H groups in total. The van der Waals surface area contributed by atoms with Crippen LogP contribution in [0.15, 0.2) is 209 Å². The number of hydrogen-bond donors (Lipinski definition) is 0. The van der Waals surface area contributed by atoms with Crippen LogP contribution in [0.4, 0.5) is 17.1 Å². The fourth-order valence-corrected chi connectivity index (χ4v) is 8.29. The van der Waals surface area contributed by atoms with Crippen molar-refractivity contribution >= 4 is 71.7 Å². The highest BCUT2D eigenvalue weighted by Crippen LogP contribution is 2.46. The molecule has 3 nitrogen and oxygen atoms in total. The van der Waals surface area contributed by atoms with Gasteiger partial charge in [0.05, 0.1) is 5.69 Å². The zero-order valence-electron chi connectivity index (χ0n) is 29.8. The number of furan rings is 2. The molecule has 0 atom stereocenters. The van der Waals surface area contributed by atoms with Gasteiger partial charge in [0.25, 0.3) is 0 Å². The second-order valence-corrected chi connectivity index (χ2v) is 14.1. The molecule has 0 saturated heterocycles. The predicted octanol–water partition coefficient (Wildman–Crippen LogP) is 15.1. The Balaban J connectivity index is 1.17. The van der Waals surface area contributed by atoms with E-state index >= 15 is 0 Å². The van der Waals surface area contributed by atoms with E-state index in [1.54, 1.807) is 0 Å². The van der Waals surface area contributed by atoms with Gasteiger partial charge in [0, 0.05) is 44.5 Å². The van der Waals surface area contributed by atoms with Crippen LogP contribution in [0.5, 0.6) is 0 Å². The Morgan fingerprint density at radius 1 is 0.291 bits per heavy atom. The fraction of sp³-hybridized carbons (Fsp3) is 0. The third-order valence-corrected chi connectivity index (χ3v) is 10.9. The number of benzene rings is 9. The first-order chi connectivity index (χ1) is 27.3. The molecule has 0 saturated carbocycles. The molecule has 0 amide bonds. The molecule has 0 bridgehead atoms. The van der Waals surface area contributed by atoms with Crippen molar-refractivity contribution in [2.75, 3.05) is 4.90 Å². The molecule has 3 heteroatoms. The number of anilines is 3. The quantitative estimate of drug-likeness (QED) is 0.173. The van der Waals surface area contributed by atoms with E-state index in [1.165, 1.54) is 21.9 Å². The highest BCUT2D eigenvalue weighted by Gasteiger charge is 2.22. The molecule has 11 aromatic rings. The van der Waals surface area contributed by atoms with Crippen LogP contribution in [0, 0.1) is 0 Å². The molecule has 0 spiro atoms. The van der Waals surface area contributed by atoms with E-state index in [4.69, 9.17) is 8.83 Å². The third-order valence-electron chi connectivity index (χ3n) is 10.9. The highest BCUT2D eigenvalue weighted by molar-refractivity contribution is 6.22. The third kappa shape index (κ3) is 5.20. The molecule has 0 aliphatic heterocycles. The highest BCUT2D eigenvalue weighted by atomic mass is 16.3. The lowest BCUT2D eigenvalue weighted by molar-refractivity contribution is 0.668. The molecule has 0 unspecified atom stereocenters. The lowest BCUT2D eigenvalue weighted by Gasteiger charge is -2.28. The van der Waals surface area contributed by atoms with Gasteiger partial charge in [0.15, 0.2) is 0 Å². The van der Waals surface area contributed by atoms with Crippen LogP contribution in [0.1, 0.15) is 0 Å². The van der Waals surface area contributed by atoms with Crippen LogP contribution in [-0.2, 0) is 0 Å². The maximum atomic E-state index is 6.85. The Morgan fingerprint density at radius 3 is 1.64 bits per heavy atom. The van der Waals surface area contributed by atoms with Crippen LogP contribution in [0.25, 0.3) is 88.0 Å². The minimum Gasteiger partial charge on any atom is -0.456 e. The number of para-hydroxylation sites is 1. The SMILES string of the molecule is c1ccc(-c2ccc(N(c3ccc4c(c3)oc3cc(-c5ccccc5)c5ccccc5c34)c3ccc4oc5ccccc5c4c3)c(-c3ccccc3)c2)cc1. The van der Waals surface area contributed by atoms with Gasteiger partial charge in [0.1, 0.15) is 22.3 Å². The van der Waals surface area contributed by atoms with Gasteiger partial charge in [-0.15, -0.1) is 0 Å². The summed E-state index contributed by atoms with van der Waals surface area (Å²) < 4.78 is 13.1. The van der Waals surface area contributed by atoms with Gasteiger partial charge < -0.3 is 13.7 Å². The number of rotatable bonds is 6. The van der Waals surface area contributed by atoms with Crippen molar-refractivity contribution in [2.24, 2.45) is 0 Å². The van der Waals surface area contributed by atoms with Crippen molar-refractivity contribution < 1.29 is 8.83 Å².